The van der Waals surface area contributed by atoms with E-state index in [9.17, 15) is 4.79 Å². The van der Waals surface area contributed by atoms with Crippen LogP contribution in [0, 0.1) is 5.92 Å². The third kappa shape index (κ3) is 2.45. The van der Waals surface area contributed by atoms with E-state index in [1.54, 1.807) is 0 Å². The van der Waals surface area contributed by atoms with Crippen LogP contribution in [0.4, 0.5) is 0 Å². The first-order chi connectivity index (χ1) is 6.74. The quantitative estimate of drug-likeness (QED) is 0.630. The summed E-state index contributed by atoms with van der Waals surface area (Å²) in [7, 11) is 0. The molecule has 0 bridgehead atoms. The fourth-order valence-corrected chi connectivity index (χ4v) is 2.49. The predicted octanol–water partition coefficient (Wildman–Crippen LogP) is -0.454. The molecule has 2 rings (SSSR count). The molecule has 1 amide bonds. The van der Waals surface area contributed by atoms with Gasteiger partial charge in [-0.25, -0.2) is 0 Å². The van der Waals surface area contributed by atoms with Crippen molar-refractivity contribution < 1.29 is 4.79 Å². The Bertz CT molecular complexity index is 219. The Morgan fingerprint density at radius 1 is 1.50 bits per heavy atom. The van der Waals surface area contributed by atoms with Crippen molar-refractivity contribution in [1.29, 1.82) is 0 Å². The molecule has 0 spiro atoms. The van der Waals surface area contributed by atoms with Crippen LogP contribution in [-0.4, -0.2) is 43.0 Å². The van der Waals surface area contributed by atoms with Gasteiger partial charge in [0.1, 0.15) is 0 Å². The van der Waals surface area contributed by atoms with E-state index >= 15 is 0 Å². The van der Waals surface area contributed by atoms with Gasteiger partial charge in [-0.05, 0) is 25.2 Å². The van der Waals surface area contributed by atoms with Crippen LogP contribution in [0.5, 0.6) is 0 Å². The highest BCUT2D eigenvalue weighted by atomic mass is 16.2. The summed E-state index contributed by atoms with van der Waals surface area (Å²) < 4.78 is 0. The van der Waals surface area contributed by atoms with Gasteiger partial charge in [0.05, 0.1) is 6.54 Å². The number of rotatable bonds is 2. The van der Waals surface area contributed by atoms with Gasteiger partial charge in [-0.3, -0.25) is 9.69 Å². The summed E-state index contributed by atoms with van der Waals surface area (Å²) in [5.41, 5.74) is 5.86. The minimum absolute atomic E-state index is 0.165. The number of hydrogen-bond donors (Lipinski definition) is 2. The Labute approximate surface area is 84.8 Å². The van der Waals surface area contributed by atoms with Gasteiger partial charge in [0, 0.05) is 25.7 Å². The lowest BCUT2D eigenvalue weighted by Gasteiger charge is -2.28. The molecular formula is C10H19N3O. The minimum atomic E-state index is 0.165. The van der Waals surface area contributed by atoms with Gasteiger partial charge in [0.2, 0.25) is 5.91 Å². The van der Waals surface area contributed by atoms with Crippen LogP contribution in [0.2, 0.25) is 0 Å². The van der Waals surface area contributed by atoms with Crippen LogP contribution in [-0.2, 0) is 4.79 Å². The van der Waals surface area contributed by atoms with E-state index in [2.05, 4.69) is 10.2 Å². The lowest BCUT2D eigenvalue weighted by molar-refractivity contribution is -0.124. The molecule has 2 aliphatic rings. The van der Waals surface area contributed by atoms with E-state index in [1.807, 2.05) is 0 Å². The van der Waals surface area contributed by atoms with Gasteiger partial charge in [0.25, 0.3) is 0 Å². The first-order valence-electron chi connectivity index (χ1n) is 5.48. The van der Waals surface area contributed by atoms with Crippen LogP contribution >= 0.6 is 0 Å². The molecule has 4 heteroatoms. The second-order valence-electron chi connectivity index (χ2n) is 4.52. The van der Waals surface area contributed by atoms with Crippen LogP contribution in [0.3, 0.4) is 0 Å². The largest absolute Gasteiger partial charge is 0.354 e. The minimum Gasteiger partial charge on any atom is -0.354 e. The van der Waals surface area contributed by atoms with E-state index in [-0.39, 0.29) is 5.91 Å². The number of nitrogens with one attached hydrogen (secondary N) is 1. The maximum absolute atomic E-state index is 11.1. The van der Waals surface area contributed by atoms with Crippen molar-refractivity contribution in [3.05, 3.63) is 0 Å². The van der Waals surface area contributed by atoms with Crippen molar-refractivity contribution >= 4 is 5.91 Å². The Hall–Kier alpha value is -0.610. The zero-order chi connectivity index (χ0) is 9.97. The highest BCUT2D eigenvalue weighted by Crippen LogP contribution is 2.24. The summed E-state index contributed by atoms with van der Waals surface area (Å²) in [5, 5.41) is 2.84. The summed E-state index contributed by atoms with van der Waals surface area (Å²) in [6.07, 6.45) is 3.53. The van der Waals surface area contributed by atoms with E-state index in [1.165, 1.54) is 6.42 Å². The highest BCUT2D eigenvalue weighted by Gasteiger charge is 2.25. The van der Waals surface area contributed by atoms with Crippen LogP contribution in [0.25, 0.3) is 0 Å². The average molecular weight is 197 g/mol. The van der Waals surface area contributed by atoms with Gasteiger partial charge in [-0.2, -0.15) is 0 Å². The molecule has 0 radical (unpaired) electrons. The number of amides is 1. The highest BCUT2D eigenvalue weighted by molar-refractivity contribution is 5.78. The normalized spacial score (nSPS) is 34.5. The van der Waals surface area contributed by atoms with Gasteiger partial charge in [0.15, 0.2) is 0 Å². The van der Waals surface area contributed by atoms with E-state index in [4.69, 9.17) is 5.73 Å². The molecule has 0 aromatic carbocycles. The molecule has 2 unspecified atom stereocenters. The molecule has 1 aliphatic heterocycles. The Morgan fingerprint density at radius 2 is 2.36 bits per heavy atom. The third-order valence-corrected chi connectivity index (χ3v) is 3.22. The van der Waals surface area contributed by atoms with Gasteiger partial charge < -0.3 is 11.1 Å². The van der Waals surface area contributed by atoms with Crippen molar-refractivity contribution in [3.63, 3.8) is 0 Å². The molecule has 0 aromatic rings. The van der Waals surface area contributed by atoms with Crippen LogP contribution in [0.15, 0.2) is 0 Å². The van der Waals surface area contributed by atoms with Crippen molar-refractivity contribution in [2.45, 2.75) is 25.3 Å². The molecule has 80 valence electrons. The molecule has 2 fully saturated rings. The summed E-state index contributed by atoms with van der Waals surface area (Å²) >= 11 is 0. The van der Waals surface area contributed by atoms with Crippen molar-refractivity contribution in [2.75, 3.05) is 26.2 Å². The number of carbonyl (C=O) groups excluding carboxylic acids is 1. The summed E-state index contributed by atoms with van der Waals surface area (Å²) in [6.45, 7) is 3.43. The second-order valence-corrected chi connectivity index (χ2v) is 4.52. The van der Waals surface area contributed by atoms with Crippen LogP contribution < -0.4 is 11.1 Å². The van der Waals surface area contributed by atoms with Crippen LogP contribution in [0.1, 0.15) is 19.3 Å². The number of hydrogen-bond acceptors (Lipinski definition) is 3. The van der Waals surface area contributed by atoms with E-state index in [0.29, 0.717) is 12.6 Å². The Balaban J connectivity index is 1.76. The monoisotopic (exact) mass is 197 g/mol. The molecule has 14 heavy (non-hydrogen) atoms. The van der Waals surface area contributed by atoms with E-state index < -0.39 is 0 Å². The maximum Gasteiger partial charge on any atom is 0.234 e. The topological polar surface area (TPSA) is 58.4 Å². The first kappa shape index (κ1) is 9.93. The lowest BCUT2D eigenvalue weighted by Crippen LogP contribution is -2.48. The molecule has 1 saturated carbocycles. The summed E-state index contributed by atoms with van der Waals surface area (Å²) in [6, 6.07) is 0.401. The lowest BCUT2D eigenvalue weighted by atomic mass is 10.1. The number of nitrogens with zero attached hydrogens (tertiary/aromatic N) is 1. The first-order valence-corrected chi connectivity index (χ1v) is 5.48. The SMILES string of the molecule is NC1CCC(CN2CCNC(=O)C2)C1. The summed E-state index contributed by atoms with van der Waals surface area (Å²) in [4.78, 5) is 13.4. The van der Waals surface area contributed by atoms with Crippen molar-refractivity contribution in [1.82, 2.24) is 10.2 Å². The molecular weight excluding hydrogens is 178 g/mol. The Morgan fingerprint density at radius 3 is 3.00 bits per heavy atom. The standard InChI is InChI=1S/C10H19N3O/c11-9-2-1-8(5-9)6-13-4-3-12-10(14)7-13/h8-9H,1-7,11H2,(H,12,14). The summed E-state index contributed by atoms with van der Waals surface area (Å²) in [5.74, 6) is 0.884. The fraction of sp³-hybridized carbons (Fsp3) is 0.900. The molecule has 0 aromatic heterocycles. The van der Waals surface area contributed by atoms with Crippen molar-refractivity contribution in [3.8, 4) is 0 Å². The second kappa shape index (κ2) is 4.28. The molecule has 3 N–H and O–H groups in total. The third-order valence-electron chi connectivity index (χ3n) is 3.22. The predicted molar refractivity (Wildman–Crippen MR) is 54.8 cm³/mol. The molecule has 1 saturated heterocycles. The Kier molecular flexibility index (Phi) is 3.03. The number of carbonyl (C=O) groups is 1. The fourth-order valence-electron chi connectivity index (χ4n) is 2.49. The number of nitrogens with two attached hydrogens (primary N) is 1. The number of piperazine rings is 1. The zero-order valence-electron chi connectivity index (χ0n) is 8.54. The molecule has 4 nitrogen and oxygen atoms in total. The van der Waals surface area contributed by atoms with Gasteiger partial charge in [-0.15, -0.1) is 0 Å². The zero-order valence-corrected chi connectivity index (χ0v) is 8.54. The van der Waals surface area contributed by atoms with E-state index in [0.717, 1.165) is 38.4 Å². The molecule has 2 atom stereocenters. The molecule has 1 aliphatic carbocycles. The van der Waals surface area contributed by atoms with Crippen molar-refractivity contribution in [2.24, 2.45) is 11.7 Å². The average Bonchev–Trinajstić information content (AvgIpc) is 2.51. The molecule has 1 heterocycles. The smallest absolute Gasteiger partial charge is 0.234 e. The van der Waals surface area contributed by atoms with Gasteiger partial charge >= 0.3 is 0 Å². The maximum atomic E-state index is 11.1. The van der Waals surface area contributed by atoms with Gasteiger partial charge in [-0.1, -0.05) is 0 Å².